The highest BCUT2D eigenvalue weighted by Crippen LogP contribution is 2.14. The van der Waals surface area contributed by atoms with Gasteiger partial charge in [0.25, 0.3) is 0 Å². The quantitative estimate of drug-likeness (QED) is 0.553. The van der Waals surface area contributed by atoms with E-state index in [2.05, 4.69) is 18.8 Å². The molecule has 1 atom stereocenters. The van der Waals surface area contributed by atoms with Crippen LogP contribution < -0.4 is 5.32 Å². The van der Waals surface area contributed by atoms with E-state index in [0.29, 0.717) is 19.3 Å². The van der Waals surface area contributed by atoms with Crippen LogP contribution in [-0.4, -0.2) is 29.8 Å². The fraction of sp³-hybridized carbons (Fsp3) is 0.526. The maximum Gasteiger partial charge on any atom is 0.471 e. The van der Waals surface area contributed by atoms with Crippen molar-refractivity contribution in [3.8, 4) is 11.8 Å². The summed E-state index contributed by atoms with van der Waals surface area (Å²) in [6.45, 7) is 2.06. The summed E-state index contributed by atoms with van der Waals surface area (Å²) in [6, 6.07) is 7.34. The number of hydrogen-bond acceptors (Lipinski definition) is 2. The molecule has 0 saturated heterocycles. The molecule has 3 nitrogen and oxygen atoms in total. The Morgan fingerprint density at radius 3 is 2.72 bits per heavy atom. The van der Waals surface area contributed by atoms with Gasteiger partial charge >= 0.3 is 12.1 Å². The van der Waals surface area contributed by atoms with Crippen molar-refractivity contribution in [2.24, 2.45) is 0 Å². The second-order valence-corrected chi connectivity index (χ2v) is 5.84. The zero-order valence-electron chi connectivity index (χ0n) is 14.3. The first-order chi connectivity index (χ1) is 11.8. The fourth-order valence-corrected chi connectivity index (χ4v) is 2.23. The molecule has 0 fully saturated rings. The van der Waals surface area contributed by atoms with Crippen LogP contribution in [0.25, 0.3) is 0 Å². The van der Waals surface area contributed by atoms with Crippen molar-refractivity contribution < 1.29 is 23.1 Å². The zero-order chi connectivity index (χ0) is 18.7. The minimum absolute atomic E-state index is 0.0373. The first-order valence-electron chi connectivity index (χ1n) is 8.46. The maximum atomic E-state index is 12.1. The molecule has 138 valence electrons. The molecule has 0 aromatic heterocycles. The monoisotopic (exact) mass is 355 g/mol. The number of halogens is 3. The number of aliphatic hydroxyl groups is 1. The maximum absolute atomic E-state index is 12.1. The van der Waals surface area contributed by atoms with Crippen LogP contribution in [0, 0.1) is 11.8 Å². The van der Waals surface area contributed by atoms with E-state index in [1.807, 2.05) is 29.6 Å². The summed E-state index contributed by atoms with van der Waals surface area (Å²) >= 11 is 0. The van der Waals surface area contributed by atoms with Crippen molar-refractivity contribution in [2.45, 2.75) is 57.7 Å². The van der Waals surface area contributed by atoms with E-state index in [9.17, 15) is 23.1 Å². The van der Waals surface area contributed by atoms with Crippen molar-refractivity contribution >= 4 is 5.91 Å². The molecule has 0 heterocycles. The summed E-state index contributed by atoms with van der Waals surface area (Å²) in [6.07, 6.45) is -0.800. The largest absolute Gasteiger partial charge is 0.471 e. The van der Waals surface area contributed by atoms with Gasteiger partial charge in [0.05, 0.1) is 0 Å². The number of unbranched alkanes of at least 4 members (excludes halogenated alkanes) is 2. The summed E-state index contributed by atoms with van der Waals surface area (Å²) in [4.78, 5) is 10.7. The Balaban J connectivity index is 2.44. The van der Waals surface area contributed by atoms with Gasteiger partial charge in [-0.15, -0.1) is 0 Å². The van der Waals surface area contributed by atoms with Crippen LogP contribution >= 0.6 is 0 Å². The van der Waals surface area contributed by atoms with Gasteiger partial charge in [0.1, 0.15) is 6.10 Å². The van der Waals surface area contributed by atoms with E-state index < -0.39 is 18.2 Å². The topological polar surface area (TPSA) is 49.3 Å². The number of amides is 1. The molecule has 0 aliphatic rings. The van der Waals surface area contributed by atoms with Crippen LogP contribution in [0.1, 0.15) is 50.2 Å². The molecule has 0 aliphatic carbocycles. The number of carbonyl (C=O) groups excluding carboxylic acids is 1. The normalized spacial score (nSPS) is 12.2. The SMILES string of the molecule is CCCCCC(O)C#Cc1cccc(CCCNC(=O)C(F)(F)F)c1. The summed E-state index contributed by atoms with van der Waals surface area (Å²) in [5, 5.41) is 11.6. The lowest BCUT2D eigenvalue weighted by Crippen LogP contribution is -2.37. The molecule has 6 heteroatoms. The third-order valence-electron chi connectivity index (χ3n) is 3.58. The Morgan fingerprint density at radius 2 is 2.04 bits per heavy atom. The van der Waals surface area contributed by atoms with Crippen molar-refractivity contribution in [2.75, 3.05) is 6.54 Å². The predicted octanol–water partition coefficient (Wildman–Crippen LogP) is 3.59. The van der Waals surface area contributed by atoms with Gasteiger partial charge < -0.3 is 10.4 Å². The Bertz CT molecular complexity index is 603. The number of benzene rings is 1. The molecule has 0 spiro atoms. The highest BCUT2D eigenvalue weighted by Gasteiger charge is 2.38. The average molecular weight is 355 g/mol. The lowest BCUT2D eigenvalue weighted by atomic mass is 10.1. The lowest BCUT2D eigenvalue weighted by Gasteiger charge is -2.07. The third kappa shape index (κ3) is 9.16. The van der Waals surface area contributed by atoms with Gasteiger partial charge in [-0.1, -0.05) is 43.7 Å². The molecule has 2 N–H and O–H groups in total. The van der Waals surface area contributed by atoms with Crippen molar-refractivity contribution in [3.63, 3.8) is 0 Å². The Kier molecular flexibility index (Phi) is 9.07. The van der Waals surface area contributed by atoms with Gasteiger partial charge in [0, 0.05) is 12.1 Å². The van der Waals surface area contributed by atoms with Crippen molar-refractivity contribution in [3.05, 3.63) is 35.4 Å². The van der Waals surface area contributed by atoms with Crippen LogP contribution in [0.3, 0.4) is 0 Å². The molecular formula is C19H24F3NO2. The van der Waals surface area contributed by atoms with Crippen molar-refractivity contribution in [1.29, 1.82) is 0 Å². The number of aliphatic hydroxyl groups excluding tert-OH is 1. The molecule has 0 radical (unpaired) electrons. The molecule has 0 aliphatic heterocycles. The zero-order valence-corrected chi connectivity index (χ0v) is 14.3. The van der Waals surface area contributed by atoms with Gasteiger partial charge in [0.2, 0.25) is 0 Å². The number of aryl methyl sites for hydroxylation is 1. The lowest BCUT2D eigenvalue weighted by molar-refractivity contribution is -0.173. The number of alkyl halides is 3. The fourth-order valence-electron chi connectivity index (χ4n) is 2.23. The first kappa shape index (κ1) is 21.0. The van der Waals surface area contributed by atoms with E-state index in [1.165, 1.54) is 0 Å². The van der Waals surface area contributed by atoms with E-state index in [0.717, 1.165) is 30.4 Å². The highest BCUT2D eigenvalue weighted by atomic mass is 19.4. The second kappa shape index (κ2) is 10.8. The van der Waals surface area contributed by atoms with E-state index in [4.69, 9.17) is 0 Å². The van der Waals surface area contributed by atoms with Crippen LogP contribution in [0.15, 0.2) is 24.3 Å². The average Bonchev–Trinajstić information content (AvgIpc) is 2.56. The standard InChI is InChI=1S/C19H24F3NO2/c1-2-3-4-10-17(24)12-11-16-8-5-7-15(14-16)9-6-13-23-18(25)19(20,21)22/h5,7-8,14,17,24H,2-4,6,9-10,13H2,1H3,(H,23,25). The van der Waals surface area contributed by atoms with Crippen LogP contribution in [0.2, 0.25) is 0 Å². The Morgan fingerprint density at radius 1 is 1.28 bits per heavy atom. The minimum Gasteiger partial charge on any atom is -0.380 e. The molecule has 1 aromatic rings. The first-order valence-corrected chi connectivity index (χ1v) is 8.46. The molecule has 1 rings (SSSR count). The van der Waals surface area contributed by atoms with Gasteiger partial charge in [-0.3, -0.25) is 4.79 Å². The van der Waals surface area contributed by atoms with Crippen molar-refractivity contribution in [1.82, 2.24) is 5.32 Å². The van der Waals surface area contributed by atoms with Gasteiger partial charge in [-0.2, -0.15) is 13.2 Å². The van der Waals surface area contributed by atoms with Crippen LogP contribution in [0.5, 0.6) is 0 Å². The van der Waals surface area contributed by atoms with Gasteiger partial charge in [-0.05, 0) is 43.4 Å². The summed E-state index contributed by atoms with van der Waals surface area (Å²) in [5.74, 6) is 3.82. The number of rotatable bonds is 8. The highest BCUT2D eigenvalue weighted by molar-refractivity contribution is 5.81. The van der Waals surface area contributed by atoms with Gasteiger partial charge in [-0.25, -0.2) is 0 Å². The number of carbonyl (C=O) groups is 1. The predicted molar refractivity (Wildman–Crippen MR) is 90.9 cm³/mol. The molecule has 1 aromatic carbocycles. The smallest absolute Gasteiger partial charge is 0.380 e. The molecule has 25 heavy (non-hydrogen) atoms. The van der Waals surface area contributed by atoms with E-state index >= 15 is 0 Å². The van der Waals surface area contributed by atoms with E-state index in [-0.39, 0.29) is 6.54 Å². The Labute approximate surface area is 146 Å². The molecule has 1 unspecified atom stereocenters. The number of hydrogen-bond donors (Lipinski definition) is 2. The van der Waals surface area contributed by atoms with Crippen LogP contribution in [-0.2, 0) is 11.2 Å². The minimum atomic E-state index is -4.84. The Hall–Kier alpha value is -2.00. The number of nitrogens with one attached hydrogen (secondary N) is 1. The summed E-state index contributed by atoms with van der Waals surface area (Å²) in [7, 11) is 0. The second-order valence-electron chi connectivity index (χ2n) is 5.84. The van der Waals surface area contributed by atoms with E-state index in [1.54, 1.807) is 0 Å². The van der Waals surface area contributed by atoms with Crippen LogP contribution in [0.4, 0.5) is 13.2 Å². The third-order valence-corrected chi connectivity index (χ3v) is 3.58. The molecule has 0 bridgehead atoms. The molecular weight excluding hydrogens is 331 g/mol. The summed E-state index contributed by atoms with van der Waals surface area (Å²) in [5.41, 5.74) is 1.68. The summed E-state index contributed by atoms with van der Waals surface area (Å²) < 4.78 is 36.2. The molecule has 0 saturated carbocycles. The van der Waals surface area contributed by atoms with Gasteiger partial charge in [0.15, 0.2) is 0 Å². The molecule has 1 amide bonds.